The maximum Gasteiger partial charge on any atom is 0.322 e. The van der Waals surface area contributed by atoms with Crippen molar-refractivity contribution in [3.63, 3.8) is 0 Å². The molecule has 0 aliphatic heterocycles. The van der Waals surface area contributed by atoms with Crippen LogP contribution in [0.3, 0.4) is 0 Å². The summed E-state index contributed by atoms with van der Waals surface area (Å²) in [5.74, 6) is -3.33. The molecule has 1 rings (SSSR count). The lowest BCUT2D eigenvalue weighted by Gasteiger charge is -2.17. The van der Waals surface area contributed by atoms with Crippen LogP contribution in [0.4, 0.5) is 4.39 Å². The van der Waals surface area contributed by atoms with E-state index < -0.39 is 38.5 Å². The second-order valence-electron chi connectivity index (χ2n) is 4.52. The molecule has 1 aromatic rings. The number of sulfone groups is 1. The lowest BCUT2D eigenvalue weighted by Crippen LogP contribution is -2.35. The smallest absolute Gasteiger partial charge is 0.322 e. The highest BCUT2D eigenvalue weighted by Crippen LogP contribution is 2.25. The van der Waals surface area contributed by atoms with Gasteiger partial charge in [0.15, 0.2) is 15.1 Å². The van der Waals surface area contributed by atoms with Crippen molar-refractivity contribution in [3.8, 4) is 0 Å². The summed E-state index contributed by atoms with van der Waals surface area (Å²) < 4.78 is 37.4. The molecule has 1 aromatic carbocycles. The summed E-state index contributed by atoms with van der Waals surface area (Å²) >= 11 is 5.68. The van der Waals surface area contributed by atoms with E-state index >= 15 is 0 Å². The Morgan fingerprint density at radius 3 is 2.47 bits per heavy atom. The van der Waals surface area contributed by atoms with Gasteiger partial charge in [-0.3, -0.25) is 4.79 Å². The van der Waals surface area contributed by atoms with Crippen molar-refractivity contribution in [2.75, 3.05) is 0 Å². The molecule has 1 N–H and O–H groups in total. The third-order valence-electron chi connectivity index (χ3n) is 2.62. The molecule has 0 heterocycles. The number of rotatable bonds is 5. The Bertz CT molecular complexity index is 583. The van der Waals surface area contributed by atoms with E-state index in [4.69, 9.17) is 16.7 Å². The number of carboxylic acids is 1. The van der Waals surface area contributed by atoms with E-state index in [9.17, 15) is 17.6 Å². The highest BCUT2D eigenvalue weighted by atomic mass is 35.5. The SMILES string of the molecule is CC(C)C(C(=O)O)S(=O)(=O)Cc1cccc(F)c1Cl. The lowest BCUT2D eigenvalue weighted by molar-refractivity contribution is -0.137. The molecule has 106 valence electrons. The molecule has 1 unspecified atom stereocenters. The Morgan fingerprint density at radius 2 is 2.00 bits per heavy atom. The summed E-state index contributed by atoms with van der Waals surface area (Å²) in [5, 5.41) is 7.17. The van der Waals surface area contributed by atoms with Gasteiger partial charge in [-0.15, -0.1) is 0 Å². The Kier molecular flexibility index (Phi) is 4.92. The zero-order valence-electron chi connectivity index (χ0n) is 10.4. The summed E-state index contributed by atoms with van der Waals surface area (Å²) in [5.41, 5.74) is 0.0635. The normalized spacial score (nSPS) is 13.5. The molecule has 7 heteroatoms. The molecule has 1 atom stereocenters. The molecule has 0 fully saturated rings. The predicted molar refractivity (Wildman–Crippen MR) is 70.3 cm³/mol. The molecule has 0 spiro atoms. The number of hydrogen-bond donors (Lipinski definition) is 1. The fourth-order valence-electron chi connectivity index (χ4n) is 1.82. The highest BCUT2D eigenvalue weighted by Gasteiger charge is 2.35. The fourth-order valence-corrected chi connectivity index (χ4v) is 4.08. The fraction of sp³-hybridized carbons (Fsp3) is 0.417. The van der Waals surface area contributed by atoms with E-state index in [1.165, 1.54) is 26.0 Å². The van der Waals surface area contributed by atoms with Gasteiger partial charge in [0.1, 0.15) is 5.82 Å². The minimum absolute atomic E-state index is 0.0635. The van der Waals surface area contributed by atoms with Crippen LogP contribution in [0.5, 0.6) is 0 Å². The second-order valence-corrected chi connectivity index (χ2v) is 7.02. The lowest BCUT2D eigenvalue weighted by atomic mass is 10.1. The standard InChI is InChI=1S/C12H14ClFO4S/c1-7(2)11(12(15)16)19(17,18)6-8-4-3-5-9(14)10(8)13/h3-5,7,11H,6H2,1-2H3,(H,15,16). The predicted octanol–water partition coefficient (Wildman–Crippen LogP) is 2.50. The molecule has 0 aromatic heterocycles. The third-order valence-corrected chi connectivity index (χ3v) is 5.28. The second kappa shape index (κ2) is 5.88. The Hall–Kier alpha value is -1.14. The van der Waals surface area contributed by atoms with Gasteiger partial charge in [0.05, 0.1) is 10.8 Å². The van der Waals surface area contributed by atoms with E-state index in [1.54, 1.807) is 0 Å². The molecule has 0 aliphatic carbocycles. The van der Waals surface area contributed by atoms with E-state index in [2.05, 4.69) is 0 Å². The molecular formula is C12H14ClFO4S. The largest absolute Gasteiger partial charge is 0.480 e. The third kappa shape index (κ3) is 3.67. The van der Waals surface area contributed by atoms with E-state index in [1.807, 2.05) is 0 Å². The van der Waals surface area contributed by atoms with Crippen LogP contribution in [0, 0.1) is 11.7 Å². The highest BCUT2D eigenvalue weighted by molar-refractivity contribution is 7.92. The Labute approximate surface area is 116 Å². The van der Waals surface area contributed by atoms with Crippen LogP contribution >= 0.6 is 11.6 Å². The van der Waals surface area contributed by atoms with Crippen molar-refractivity contribution in [1.82, 2.24) is 0 Å². The number of carboxylic acid groups (broad SMARTS) is 1. The summed E-state index contributed by atoms with van der Waals surface area (Å²) in [7, 11) is -3.96. The van der Waals surface area contributed by atoms with Crippen molar-refractivity contribution in [1.29, 1.82) is 0 Å². The van der Waals surface area contributed by atoms with Gasteiger partial charge in [-0.2, -0.15) is 0 Å². The molecule has 0 radical (unpaired) electrons. The van der Waals surface area contributed by atoms with Crippen molar-refractivity contribution >= 4 is 27.4 Å². The van der Waals surface area contributed by atoms with Gasteiger partial charge in [-0.05, 0) is 17.5 Å². The van der Waals surface area contributed by atoms with Gasteiger partial charge >= 0.3 is 5.97 Å². The van der Waals surface area contributed by atoms with E-state index in [-0.39, 0.29) is 10.6 Å². The van der Waals surface area contributed by atoms with Crippen LogP contribution in [0.2, 0.25) is 5.02 Å². The summed E-state index contributed by atoms with van der Waals surface area (Å²) in [6.45, 7) is 3.01. The zero-order valence-corrected chi connectivity index (χ0v) is 12.0. The summed E-state index contributed by atoms with van der Waals surface area (Å²) in [4.78, 5) is 11.0. The van der Waals surface area contributed by atoms with Crippen LogP contribution < -0.4 is 0 Å². The Balaban J connectivity index is 3.15. The van der Waals surface area contributed by atoms with Crippen molar-refractivity contribution in [3.05, 3.63) is 34.6 Å². The van der Waals surface area contributed by atoms with Crippen LogP contribution in [0.1, 0.15) is 19.4 Å². The first-order chi connectivity index (χ1) is 8.66. The quantitative estimate of drug-likeness (QED) is 0.907. The minimum atomic E-state index is -3.96. The first-order valence-electron chi connectivity index (χ1n) is 5.54. The average Bonchev–Trinajstić information content (AvgIpc) is 2.22. The number of aliphatic carboxylic acids is 1. The summed E-state index contributed by atoms with van der Waals surface area (Å²) in [6, 6.07) is 3.80. The van der Waals surface area contributed by atoms with Gasteiger partial charge in [0.25, 0.3) is 0 Å². The maximum absolute atomic E-state index is 13.2. The number of hydrogen-bond acceptors (Lipinski definition) is 3. The number of benzene rings is 1. The molecule has 0 amide bonds. The molecule has 19 heavy (non-hydrogen) atoms. The average molecular weight is 309 g/mol. The molecule has 0 aliphatic rings. The topological polar surface area (TPSA) is 71.4 Å². The van der Waals surface area contributed by atoms with Crippen LogP contribution in [0.15, 0.2) is 18.2 Å². The Morgan fingerprint density at radius 1 is 1.42 bits per heavy atom. The first-order valence-corrected chi connectivity index (χ1v) is 7.63. The molecule has 0 saturated carbocycles. The van der Waals surface area contributed by atoms with Crippen molar-refractivity contribution < 1.29 is 22.7 Å². The minimum Gasteiger partial charge on any atom is -0.480 e. The molecule has 0 saturated heterocycles. The maximum atomic E-state index is 13.2. The van der Waals surface area contributed by atoms with Gasteiger partial charge in [0.2, 0.25) is 0 Å². The van der Waals surface area contributed by atoms with Crippen LogP contribution in [0.25, 0.3) is 0 Å². The van der Waals surface area contributed by atoms with E-state index in [0.717, 1.165) is 6.07 Å². The van der Waals surface area contributed by atoms with Gasteiger partial charge in [0, 0.05) is 0 Å². The van der Waals surface area contributed by atoms with E-state index in [0.29, 0.717) is 0 Å². The van der Waals surface area contributed by atoms with Crippen LogP contribution in [-0.4, -0.2) is 24.7 Å². The van der Waals surface area contributed by atoms with Gasteiger partial charge < -0.3 is 5.11 Å². The molecule has 4 nitrogen and oxygen atoms in total. The first kappa shape index (κ1) is 15.9. The van der Waals surface area contributed by atoms with Crippen molar-refractivity contribution in [2.45, 2.75) is 24.9 Å². The molecule has 0 bridgehead atoms. The monoisotopic (exact) mass is 308 g/mol. The van der Waals surface area contributed by atoms with Gasteiger partial charge in [-0.25, -0.2) is 12.8 Å². The van der Waals surface area contributed by atoms with Crippen molar-refractivity contribution in [2.24, 2.45) is 5.92 Å². The number of halogens is 2. The summed E-state index contributed by atoms with van der Waals surface area (Å²) in [6.07, 6.45) is 0. The zero-order chi connectivity index (χ0) is 14.8. The molecular weight excluding hydrogens is 295 g/mol. The van der Waals surface area contributed by atoms with Gasteiger partial charge in [-0.1, -0.05) is 37.6 Å². The van der Waals surface area contributed by atoms with Crippen LogP contribution in [-0.2, 0) is 20.4 Å². The number of carbonyl (C=O) groups is 1.